The van der Waals surface area contributed by atoms with Gasteiger partial charge in [0.15, 0.2) is 0 Å². The van der Waals surface area contributed by atoms with Crippen LogP contribution < -0.4 is 16.2 Å². The molecule has 1 aromatic carbocycles. The van der Waals surface area contributed by atoms with Crippen LogP contribution in [0.15, 0.2) is 18.2 Å². The van der Waals surface area contributed by atoms with Crippen molar-refractivity contribution in [1.82, 2.24) is 0 Å². The number of fused-ring (bicyclic) bond motifs is 1. The third kappa shape index (κ3) is 3.45. The van der Waals surface area contributed by atoms with Gasteiger partial charge in [0.25, 0.3) is 0 Å². The van der Waals surface area contributed by atoms with Crippen LogP contribution in [-0.2, 0) is 9.53 Å². The smallest absolute Gasteiger partial charge is 0.347 e. The van der Waals surface area contributed by atoms with E-state index < -0.39 is 23.9 Å². The number of hydrogen-bond donors (Lipinski definition) is 2. The van der Waals surface area contributed by atoms with Crippen LogP contribution >= 0.6 is 0 Å². The minimum Gasteiger partial charge on any atom is -0.425 e. The van der Waals surface area contributed by atoms with E-state index in [1.165, 1.54) is 18.2 Å². The molecule has 0 radical (unpaired) electrons. The van der Waals surface area contributed by atoms with E-state index in [0.29, 0.717) is 13.0 Å². The number of unbranched alkanes of at least 4 members (excludes halogenated alkanes) is 1. The Morgan fingerprint density at radius 3 is 2.62 bits per heavy atom. The summed E-state index contributed by atoms with van der Waals surface area (Å²) in [5.74, 6) is -1.89. The van der Waals surface area contributed by atoms with Gasteiger partial charge in [-0.2, -0.15) is 0 Å². The van der Waals surface area contributed by atoms with Crippen LogP contribution in [0.2, 0.25) is 0 Å². The number of rotatable bonds is 6. The number of cyclic esters (lactones) is 2. The third-order valence-electron chi connectivity index (χ3n) is 3.11. The lowest BCUT2D eigenvalue weighted by Gasteiger charge is -2.11. The zero-order valence-electron chi connectivity index (χ0n) is 11.3. The number of carbonyl (C=O) groups is 3. The molecule has 112 valence electrons. The fourth-order valence-electron chi connectivity index (χ4n) is 1.95. The van der Waals surface area contributed by atoms with Crippen molar-refractivity contribution in [3.8, 4) is 5.75 Å². The molecule has 21 heavy (non-hydrogen) atoms. The van der Waals surface area contributed by atoms with E-state index in [2.05, 4.69) is 4.74 Å². The van der Waals surface area contributed by atoms with Gasteiger partial charge in [-0.25, -0.2) is 14.4 Å². The summed E-state index contributed by atoms with van der Waals surface area (Å²) < 4.78 is 9.55. The Labute approximate surface area is 121 Å². The van der Waals surface area contributed by atoms with Gasteiger partial charge in [0, 0.05) is 0 Å². The molecular formula is C14H16N2O5. The predicted octanol–water partition coefficient (Wildman–Crippen LogP) is 0.359. The molecule has 0 bridgehead atoms. The van der Waals surface area contributed by atoms with Crippen LogP contribution in [0.5, 0.6) is 5.75 Å². The molecule has 1 aliphatic heterocycles. The molecule has 0 fully saturated rings. The Kier molecular flexibility index (Phi) is 4.66. The van der Waals surface area contributed by atoms with Crippen LogP contribution in [0, 0.1) is 0 Å². The average molecular weight is 292 g/mol. The van der Waals surface area contributed by atoms with E-state index in [0.717, 1.165) is 12.8 Å². The second kappa shape index (κ2) is 6.47. The van der Waals surface area contributed by atoms with E-state index in [1.54, 1.807) is 0 Å². The molecule has 4 N–H and O–H groups in total. The van der Waals surface area contributed by atoms with E-state index in [4.69, 9.17) is 16.2 Å². The summed E-state index contributed by atoms with van der Waals surface area (Å²) >= 11 is 0. The van der Waals surface area contributed by atoms with E-state index in [-0.39, 0.29) is 16.9 Å². The number of benzene rings is 1. The minimum atomic E-state index is -0.751. The molecule has 0 aromatic heterocycles. The molecule has 7 heteroatoms. The third-order valence-corrected chi connectivity index (χ3v) is 3.11. The summed E-state index contributed by atoms with van der Waals surface area (Å²) in [7, 11) is 0. The van der Waals surface area contributed by atoms with Gasteiger partial charge in [-0.3, -0.25) is 0 Å². The Balaban J connectivity index is 2.01. The summed E-state index contributed by atoms with van der Waals surface area (Å²) in [4.78, 5) is 34.5. The zero-order chi connectivity index (χ0) is 15.4. The Morgan fingerprint density at radius 2 is 1.90 bits per heavy atom. The monoisotopic (exact) mass is 292 g/mol. The largest absolute Gasteiger partial charge is 0.425 e. The maximum Gasteiger partial charge on any atom is 0.347 e. The predicted molar refractivity (Wildman–Crippen MR) is 72.7 cm³/mol. The molecule has 0 aliphatic carbocycles. The number of esters is 3. The van der Waals surface area contributed by atoms with Gasteiger partial charge in [-0.05, 0) is 37.6 Å². The summed E-state index contributed by atoms with van der Waals surface area (Å²) in [6.07, 6.45) is 1.99. The first-order chi connectivity index (χ1) is 10.0. The standard InChI is InChI=1S/C14H16N2O5/c15-6-2-1-3-11(16)14(19)20-8-4-5-9-10(7-8)13(18)21-12(9)17/h4-5,7,11H,1-3,6,15-16H2/t11-/m0/s1. The lowest BCUT2D eigenvalue weighted by atomic mass is 10.1. The summed E-state index contributed by atoms with van der Waals surface area (Å²) in [5, 5.41) is 0. The van der Waals surface area contributed by atoms with Crippen LogP contribution in [0.3, 0.4) is 0 Å². The quantitative estimate of drug-likeness (QED) is 0.336. The maximum absolute atomic E-state index is 11.8. The molecule has 7 nitrogen and oxygen atoms in total. The van der Waals surface area contributed by atoms with Gasteiger partial charge in [0.05, 0.1) is 11.1 Å². The minimum absolute atomic E-state index is 0.0852. The molecule has 2 rings (SSSR count). The van der Waals surface area contributed by atoms with Crippen molar-refractivity contribution in [2.45, 2.75) is 25.3 Å². The van der Waals surface area contributed by atoms with Gasteiger partial charge in [-0.15, -0.1) is 0 Å². The first kappa shape index (κ1) is 15.1. The summed E-state index contributed by atoms with van der Waals surface area (Å²) in [5.41, 5.74) is 11.3. The van der Waals surface area contributed by atoms with Crippen molar-refractivity contribution >= 4 is 17.9 Å². The zero-order valence-corrected chi connectivity index (χ0v) is 11.3. The van der Waals surface area contributed by atoms with Crippen molar-refractivity contribution < 1.29 is 23.9 Å². The van der Waals surface area contributed by atoms with Gasteiger partial charge in [0.2, 0.25) is 0 Å². The van der Waals surface area contributed by atoms with Crippen molar-refractivity contribution in [1.29, 1.82) is 0 Å². The van der Waals surface area contributed by atoms with Gasteiger partial charge in [0.1, 0.15) is 11.8 Å². The highest BCUT2D eigenvalue weighted by Gasteiger charge is 2.30. The van der Waals surface area contributed by atoms with Crippen molar-refractivity contribution in [3.63, 3.8) is 0 Å². The Morgan fingerprint density at radius 1 is 1.19 bits per heavy atom. The van der Waals surface area contributed by atoms with Gasteiger partial charge in [-0.1, -0.05) is 6.42 Å². The number of carbonyl (C=O) groups excluding carboxylic acids is 3. The van der Waals surface area contributed by atoms with Crippen LogP contribution in [0.1, 0.15) is 40.0 Å². The maximum atomic E-state index is 11.8. The van der Waals surface area contributed by atoms with Crippen LogP contribution in [0.25, 0.3) is 0 Å². The average Bonchev–Trinajstić information content (AvgIpc) is 2.74. The SMILES string of the molecule is NCCCC[C@H](N)C(=O)Oc1ccc2c(c1)C(=O)OC2=O. The topological polar surface area (TPSA) is 122 Å². The highest BCUT2D eigenvalue weighted by Crippen LogP contribution is 2.24. The molecule has 0 spiro atoms. The number of ether oxygens (including phenoxy) is 2. The molecule has 0 amide bonds. The highest BCUT2D eigenvalue weighted by molar-refractivity contribution is 6.14. The molecule has 0 saturated heterocycles. The van der Waals surface area contributed by atoms with Crippen molar-refractivity contribution in [3.05, 3.63) is 29.3 Å². The number of nitrogens with two attached hydrogens (primary N) is 2. The summed E-state index contributed by atoms with van der Waals surface area (Å²) in [6, 6.07) is 3.35. The lowest BCUT2D eigenvalue weighted by molar-refractivity contribution is -0.136. The second-order valence-electron chi connectivity index (χ2n) is 4.70. The molecular weight excluding hydrogens is 276 g/mol. The molecule has 0 unspecified atom stereocenters. The Bertz CT molecular complexity index is 585. The first-order valence-electron chi connectivity index (χ1n) is 6.61. The van der Waals surface area contributed by atoms with Gasteiger partial charge < -0.3 is 20.9 Å². The fraction of sp³-hybridized carbons (Fsp3) is 0.357. The fourth-order valence-corrected chi connectivity index (χ4v) is 1.95. The highest BCUT2D eigenvalue weighted by atomic mass is 16.6. The normalized spacial score (nSPS) is 14.6. The molecule has 0 saturated carbocycles. The van der Waals surface area contributed by atoms with Gasteiger partial charge >= 0.3 is 17.9 Å². The lowest BCUT2D eigenvalue weighted by Crippen LogP contribution is -2.34. The molecule has 1 heterocycles. The Hall–Kier alpha value is -2.25. The number of hydrogen-bond acceptors (Lipinski definition) is 7. The van der Waals surface area contributed by atoms with E-state index in [1.807, 2.05) is 0 Å². The van der Waals surface area contributed by atoms with Crippen LogP contribution in [0.4, 0.5) is 0 Å². The van der Waals surface area contributed by atoms with Crippen molar-refractivity contribution in [2.24, 2.45) is 11.5 Å². The van der Waals surface area contributed by atoms with E-state index >= 15 is 0 Å². The molecule has 1 atom stereocenters. The van der Waals surface area contributed by atoms with E-state index in [9.17, 15) is 14.4 Å². The van der Waals surface area contributed by atoms with Crippen molar-refractivity contribution in [2.75, 3.05) is 6.54 Å². The molecule has 1 aliphatic rings. The summed E-state index contributed by atoms with van der Waals surface area (Å²) in [6.45, 7) is 0.544. The second-order valence-corrected chi connectivity index (χ2v) is 4.70. The first-order valence-corrected chi connectivity index (χ1v) is 6.61. The van der Waals surface area contributed by atoms with Crippen LogP contribution in [-0.4, -0.2) is 30.5 Å². The molecule has 1 aromatic rings.